The SMILES string of the molecule is CCCN1[C@H]2CCC[C@H]1CC(NC(=O)c1cccc(Cl)c1)C2. The van der Waals surface area contributed by atoms with Gasteiger partial charge >= 0.3 is 0 Å². The van der Waals surface area contributed by atoms with E-state index in [0.717, 1.165) is 12.8 Å². The molecule has 2 saturated heterocycles. The molecule has 1 N–H and O–H groups in total. The van der Waals surface area contributed by atoms with Gasteiger partial charge in [0.1, 0.15) is 0 Å². The predicted molar refractivity (Wildman–Crippen MR) is 90.4 cm³/mol. The van der Waals surface area contributed by atoms with Crippen molar-refractivity contribution < 1.29 is 4.79 Å². The quantitative estimate of drug-likeness (QED) is 0.913. The Balaban J connectivity index is 1.63. The highest BCUT2D eigenvalue weighted by Crippen LogP contribution is 2.34. The van der Waals surface area contributed by atoms with Crippen LogP contribution in [0.25, 0.3) is 0 Å². The first-order valence-electron chi connectivity index (χ1n) is 8.49. The first-order valence-corrected chi connectivity index (χ1v) is 8.87. The van der Waals surface area contributed by atoms with Crippen molar-refractivity contribution in [1.29, 1.82) is 0 Å². The minimum atomic E-state index is 0.00881. The Labute approximate surface area is 138 Å². The molecular formula is C18H25ClN2O. The van der Waals surface area contributed by atoms with Crippen molar-refractivity contribution in [3.05, 3.63) is 34.9 Å². The molecule has 1 aromatic carbocycles. The van der Waals surface area contributed by atoms with Gasteiger partial charge in [0.25, 0.3) is 5.91 Å². The van der Waals surface area contributed by atoms with Gasteiger partial charge in [0, 0.05) is 28.7 Å². The third-order valence-electron chi connectivity index (χ3n) is 5.03. The smallest absolute Gasteiger partial charge is 0.251 e. The van der Waals surface area contributed by atoms with Crippen LogP contribution in [0.5, 0.6) is 0 Å². The number of benzene rings is 1. The molecule has 0 aliphatic carbocycles. The van der Waals surface area contributed by atoms with E-state index >= 15 is 0 Å². The predicted octanol–water partition coefficient (Wildman–Crippen LogP) is 3.87. The molecule has 2 aliphatic rings. The molecule has 1 amide bonds. The van der Waals surface area contributed by atoms with Crippen LogP contribution in [0.2, 0.25) is 5.02 Å². The summed E-state index contributed by atoms with van der Waals surface area (Å²) in [5.74, 6) is 0.00881. The maximum atomic E-state index is 12.4. The van der Waals surface area contributed by atoms with Crippen LogP contribution in [0.1, 0.15) is 55.8 Å². The van der Waals surface area contributed by atoms with E-state index in [-0.39, 0.29) is 5.91 Å². The van der Waals surface area contributed by atoms with Crippen LogP contribution < -0.4 is 5.32 Å². The standard InChI is InChI=1S/C18H25ClN2O/c1-2-9-21-16-7-4-8-17(21)12-15(11-16)20-18(22)13-5-3-6-14(19)10-13/h3,5-6,10,15-17H,2,4,7-9,11-12H2,1H3,(H,20,22)/t16-,17-/m0/s1. The summed E-state index contributed by atoms with van der Waals surface area (Å²) in [5.41, 5.74) is 0.661. The number of nitrogens with one attached hydrogen (secondary N) is 1. The fourth-order valence-corrected chi connectivity index (χ4v) is 4.31. The average Bonchev–Trinajstić information content (AvgIpc) is 2.48. The lowest BCUT2D eigenvalue weighted by Gasteiger charge is -2.49. The van der Waals surface area contributed by atoms with Crippen molar-refractivity contribution in [3.8, 4) is 0 Å². The fourth-order valence-electron chi connectivity index (χ4n) is 4.12. The first-order chi connectivity index (χ1) is 10.7. The van der Waals surface area contributed by atoms with E-state index in [0.29, 0.717) is 28.7 Å². The number of hydrogen-bond acceptors (Lipinski definition) is 2. The molecule has 1 aromatic rings. The van der Waals surface area contributed by atoms with Gasteiger partial charge in [-0.25, -0.2) is 0 Å². The number of hydrogen-bond donors (Lipinski definition) is 1. The molecule has 4 heteroatoms. The summed E-state index contributed by atoms with van der Waals surface area (Å²) in [6, 6.07) is 8.80. The minimum absolute atomic E-state index is 0.00881. The Morgan fingerprint density at radius 2 is 2.05 bits per heavy atom. The summed E-state index contributed by atoms with van der Waals surface area (Å²) in [4.78, 5) is 15.1. The highest BCUT2D eigenvalue weighted by Gasteiger charge is 2.38. The molecule has 3 nitrogen and oxygen atoms in total. The molecule has 0 unspecified atom stereocenters. The van der Waals surface area contributed by atoms with E-state index in [1.54, 1.807) is 12.1 Å². The van der Waals surface area contributed by atoms with Crippen molar-refractivity contribution in [2.45, 2.75) is 63.6 Å². The van der Waals surface area contributed by atoms with E-state index in [1.165, 1.54) is 32.2 Å². The van der Waals surface area contributed by atoms with Crippen LogP contribution >= 0.6 is 11.6 Å². The molecule has 0 saturated carbocycles. The lowest BCUT2D eigenvalue weighted by atomic mass is 9.81. The van der Waals surface area contributed by atoms with E-state index in [1.807, 2.05) is 12.1 Å². The highest BCUT2D eigenvalue weighted by molar-refractivity contribution is 6.30. The normalized spacial score (nSPS) is 28.4. The molecule has 22 heavy (non-hydrogen) atoms. The summed E-state index contributed by atoms with van der Waals surface area (Å²) in [7, 11) is 0. The maximum Gasteiger partial charge on any atom is 0.251 e. The molecule has 2 atom stereocenters. The number of fused-ring (bicyclic) bond motifs is 2. The van der Waals surface area contributed by atoms with Crippen molar-refractivity contribution in [1.82, 2.24) is 10.2 Å². The van der Waals surface area contributed by atoms with Gasteiger partial charge in [-0.3, -0.25) is 9.69 Å². The molecule has 0 spiro atoms. The molecule has 2 bridgehead atoms. The molecule has 3 rings (SSSR count). The lowest BCUT2D eigenvalue weighted by Crippen LogP contribution is -2.57. The number of rotatable bonds is 4. The number of halogens is 1. The second-order valence-electron chi connectivity index (χ2n) is 6.63. The van der Waals surface area contributed by atoms with Gasteiger partial charge in [-0.2, -0.15) is 0 Å². The summed E-state index contributed by atoms with van der Waals surface area (Å²) in [5, 5.41) is 3.84. The minimum Gasteiger partial charge on any atom is -0.349 e. The van der Waals surface area contributed by atoms with Gasteiger partial charge in [-0.15, -0.1) is 0 Å². The van der Waals surface area contributed by atoms with Crippen LogP contribution in [0, 0.1) is 0 Å². The molecule has 2 aliphatic heterocycles. The third-order valence-corrected chi connectivity index (χ3v) is 5.26. The van der Waals surface area contributed by atoms with Crippen molar-refractivity contribution in [2.24, 2.45) is 0 Å². The zero-order valence-electron chi connectivity index (χ0n) is 13.2. The molecule has 2 heterocycles. The average molecular weight is 321 g/mol. The number of amides is 1. The maximum absolute atomic E-state index is 12.4. The second-order valence-corrected chi connectivity index (χ2v) is 7.06. The molecular weight excluding hydrogens is 296 g/mol. The Morgan fingerprint density at radius 1 is 1.32 bits per heavy atom. The van der Waals surface area contributed by atoms with Crippen LogP contribution in [0.4, 0.5) is 0 Å². The Bertz CT molecular complexity index is 520. The number of carbonyl (C=O) groups is 1. The number of carbonyl (C=O) groups excluding carboxylic acids is 1. The topological polar surface area (TPSA) is 32.3 Å². The van der Waals surface area contributed by atoms with Crippen LogP contribution in [-0.2, 0) is 0 Å². The van der Waals surface area contributed by atoms with Gasteiger partial charge in [-0.05, 0) is 56.8 Å². The van der Waals surface area contributed by atoms with Crippen LogP contribution in [0.15, 0.2) is 24.3 Å². The van der Waals surface area contributed by atoms with E-state index in [9.17, 15) is 4.79 Å². The zero-order chi connectivity index (χ0) is 15.5. The van der Waals surface area contributed by atoms with E-state index in [4.69, 9.17) is 11.6 Å². The van der Waals surface area contributed by atoms with E-state index in [2.05, 4.69) is 17.1 Å². The Hall–Kier alpha value is -1.06. The summed E-state index contributed by atoms with van der Waals surface area (Å²) < 4.78 is 0. The molecule has 0 aromatic heterocycles. The Kier molecular flexibility index (Phi) is 5.04. The number of nitrogens with zero attached hydrogens (tertiary/aromatic N) is 1. The summed E-state index contributed by atoms with van der Waals surface area (Å²) in [6.45, 7) is 3.45. The van der Waals surface area contributed by atoms with Crippen LogP contribution in [0.3, 0.4) is 0 Å². The molecule has 2 fully saturated rings. The molecule has 120 valence electrons. The van der Waals surface area contributed by atoms with Gasteiger partial charge < -0.3 is 5.32 Å². The van der Waals surface area contributed by atoms with E-state index < -0.39 is 0 Å². The van der Waals surface area contributed by atoms with Crippen molar-refractivity contribution >= 4 is 17.5 Å². The molecule has 0 radical (unpaired) electrons. The van der Waals surface area contributed by atoms with Gasteiger partial charge in [0.15, 0.2) is 0 Å². The number of piperidine rings is 2. The lowest BCUT2D eigenvalue weighted by molar-refractivity contribution is 0.0245. The van der Waals surface area contributed by atoms with Crippen molar-refractivity contribution in [2.75, 3.05) is 6.54 Å². The van der Waals surface area contributed by atoms with Gasteiger partial charge in [0.2, 0.25) is 0 Å². The first kappa shape index (κ1) is 15.8. The summed E-state index contributed by atoms with van der Waals surface area (Å²) in [6.07, 6.45) is 7.28. The van der Waals surface area contributed by atoms with Crippen molar-refractivity contribution in [3.63, 3.8) is 0 Å². The Morgan fingerprint density at radius 3 is 2.68 bits per heavy atom. The largest absolute Gasteiger partial charge is 0.349 e. The third kappa shape index (κ3) is 3.47. The second kappa shape index (κ2) is 7.01. The monoisotopic (exact) mass is 320 g/mol. The summed E-state index contributed by atoms with van der Waals surface area (Å²) >= 11 is 5.98. The zero-order valence-corrected chi connectivity index (χ0v) is 14.0. The fraction of sp³-hybridized carbons (Fsp3) is 0.611. The van der Waals surface area contributed by atoms with Crippen LogP contribution in [-0.4, -0.2) is 35.5 Å². The highest BCUT2D eigenvalue weighted by atomic mass is 35.5. The van der Waals surface area contributed by atoms with Gasteiger partial charge in [-0.1, -0.05) is 31.0 Å². The van der Waals surface area contributed by atoms with Gasteiger partial charge in [0.05, 0.1) is 0 Å².